The second-order valence-corrected chi connectivity index (χ2v) is 13.2. The van der Waals surface area contributed by atoms with Crippen LogP contribution in [0.2, 0.25) is 0 Å². The number of nitrogens with one attached hydrogen (secondary N) is 1. The molecule has 250 valence electrons. The lowest BCUT2D eigenvalue weighted by atomic mass is 9.88. The molecule has 18 heteroatoms. The van der Waals surface area contributed by atoms with Gasteiger partial charge < -0.3 is 35.0 Å². The number of hydrogen-bond acceptors (Lipinski definition) is 11. The van der Waals surface area contributed by atoms with Crippen LogP contribution in [0.15, 0.2) is 33.0 Å². The van der Waals surface area contributed by atoms with Gasteiger partial charge >= 0.3 is 23.5 Å². The fraction of sp³-hybridized carbons (Fsp3) is 0.500. The van der Waals surface area contributed by atoms with Crippen molar-refractivity contribution in [2.45, 2.75) is 49.6 Å². The van der Waals surface area contributed by atoms with E-state index in [0.29, 0.717) is 19.5 Å². The minimum Gasteiger partial charge on any atom is -0.493 e. The molecule has 0 spiro atoms. The van der Waals surface area contributed by atoms with Gasteiger partial charge in [0.25, 0.3) is 11.7 Å². The second kappa shape index (κ2) is 12.9. The number of quaternary nitrogens is 1. The van der Waals surface area contributed by atoms with E-state index < -0.39 is 61.8 Å². The highest BCUT2D eigenvalue weighted by Crippen LogP contribution is 2.40. The molecule has 1 aromatic heterocycles. The van der Waals surface area contributed by atoms with Gasteiger partial charge in [0.1, 0.15) is 17.3 Å². The fourth-order valence-electron chi connectivity index (χ4n) is 5.82. The number of aromatic nitrogens is 2. The number of H-pyrrole nitrogens is 1. The molecule has 0 aliphatic carbocycles. The molecule has 17 nitrogen and oxygen atoms in total. The average molecular weight is 666 g/mol. The van der Waals surface area contributed by atoms with Gasteiger partial charge in [0.15, 0.2) is 5.69 Å². The number of rotatable bonds is 13. The zero-order valence-corrected chi connectivity index (χ0v) is 26.6. The summed E-state index contributed by atoms with van der Waals surface area (Å²) >= 11 is 0. The molecular weight excluding hydrogens is 628 g/mol. The van der Waals surface area contributed by atoms with Gasteiger partial charge in [-0.3, -0.25) is 9.59 Å². The standard InChI is InChI=1S/C28H36N6O11S/c1-5-7-18-21-22(34(4,31-18)23(26(38)39)28(42,27(40)41)15-20(35)36)25(37)30-24(29-21)17-14-16(8-9-19(17)45-6-2)46(43,44)33-12-10-32(3)11-13-33/h8-9,14,23,42H,5-7,10-13,15H2,1-4H3,(H3-,29,30,35,36,37,38,39,40,41)/p+1. The van der Waals surface area contributed by atoms with Crippen molar-refractivity contribution in [3.05, 3.63) is 34.2 Å². The van der Waals surface area contributed by atoms with E-state index in [4.69, 9.17) is 4.74 Å². The van der Waals surface area contributed by atoms with Crippen LogP contribution >= 0.6 is 0 Å². The van der Waals surface area contributed by atoms with E-state index in [1.807, 2.05) is 11.9 Å². The molecule has 1 saturated heterocycles. The number of carbonyl (C=O) groups is 3. The first-order chi connectivity index (χ1) is 21.5. The number of likely N-dealkylation sites (N-methyl/N-ethyl adjacent to an activating group) is 2. The molecule has 0 saturated carbocycles. The lowest BCUT2D eigenvalue weighted by molar-refractivity contribution is -0.179. The van der Waals surface area contributed by atoms with Gasteiger partial charge in [0.2, 0.25) is 15.6 Å². The second-order valence-electron chi connectivity index (χ2n) is 11.3. The minimum absolute atomic E-state index is 0.0761. The van der Waals surface area contributed by atoms with Gasteiger partial charge in [0.05, 0.1) is 30.5 Å². The quantitative estimate of drug-likeness (QED) is 0.177. The van der Waals surface area contributed by atoms with Crippen LogP contribution in [0.4, 0.5) is 5.69 Å². The summed E-state index contributed by atoms with van der Waals surface area (Å²) in [6, 6.07) is 1.66. The number of carboxylic acid groups (broad SMARTS) is 3. The summed E-state index contributed by atoms with van der Waals surface area (Å²) in [5.74, 6) is -5.80. The zero-order chi connectivity index (χ0) is 34.2. The number of aliphatic hydroxyl groups is 1. The molecule has 0 amide bonds. The Morgan fingerprint density at radius 3 is 2.33 bits per heavy atom. The number of benzene rings is 1. The maximum atomic E-state index is 13.9. The number of nitrogens with zero attached hydrogens (tertiary/aromatic N) is 5. The topological polar surface area (TPSA) is 240 Å². The number of aliphatic carboxylic acids is 3. The minimum atomic E-state index is -3.95. The van der Waals surface area contributed by atoms with Crippen LogP contribution in [0.25, 0.3) is 11.4 Å². The Bertz CT molecular complexity index is 1750. The van der Waals surface area contributed by atoms with E-state index in [0.717, 1.165) is 7.05 Å². The van der Waals surface area contributed by atoms with Crippen molar-refractivity contribution in [2.75, 3.05) is 46.9 Å². The summed E-state index contributed by atoms with van der Waals surface area (Å²) in [7, 11) is -0.993. The van der Waals surface area contributed by atoms with Crippen molar-refractivity contribution in [1.29, 1.82) is 0 Å². The smallest absolute Gasteiger partial charge is 0.369 e. The number of fused-ring (bicyclic) bond motifs is 1. The van der Waals surface area contributed by atoms with Crippen LogP contribution in [0, 0.1) is 0 Å². The van der Waals surface area contributed by atoms with Crippen LogP contribution in [0.1, 0.15) is 38.8 Å². The molecule has 4 rings (SSSR count). The number of aromatic amines is 1. The average Bonchev–Trinajstić information content (AvgIpc) is 3.24. The Balaban J connectivity index is 1.94. The third-order valence-electron chi connectivity index (χ3n) is 8.02. The summed E-state index contributed by atoms with van der Waals surface area (Å²) in [6.45, 7) is 5.29. The molecule has 2 aromatic rings. The van der Waals surface area contributed by atoms with Gasteiger partial charge in [0, 0.05) is 26.2 Å². The molecule has 2 aliphatic rings. The number of hydrogen-bond donors (Lipinski definition) is 5. The lowest BCUT2D eigenvalue weighted by Gasteiger charge is -2.36. The molecule has 3 atom stereocenters. The van der Waals surface area contributed by atoms with Crippen molar-refractivity contribution in [1.82, 2.24) is 23.8 Å². The Hall–Kier alpha value is -4.23. The van der Waals surface area contributed by atoms with E-state index in [9.17, 15) is 48.0 Å². The summed E-state index contributed by atoms with van der Waals surface area (Å²) < 4.78 is 32.9. The first-order valence-electron chi connectivity index (χ1n) is 14.5. The molecular formula is C28H37N6O11S+. The maximum Gasteiger partial charge on any atom is 0.369 e. The Morgan fingerprint density at radius 1 is 1.13 bits per heavy atom. The Labute approximate surface area is 264 Å². The van der Waals surface area contributed by atoms with Crippen molar-refractivity contribution in [3.63, 3.8) is 0 Å². The monoisotopic (exact) mass is 665 g/mol. The third-order valence-corrected chi connectivity index (χ3v) is 9.92. The predicted octanol–water partition coefficient (Wildman–Crippen LogP) is -0.0298. The fourth-order valence-corrected chi connectivity index (χ4v) is 7.27. The third kappa shape index (κ3) is 6.13. The molecule has 0 bridgehead atoms. The van der Waals surface area contributed by atoms with Crippen molar-refractivity contribution in [2.24, 2.45) is 5.10 Å². The number of piperazine rings is 1. The van der Waals surface area contributed by atoms with Crippen LogP contribution in [-0.2, 0) is 24.4 Å². The molecule has 5 N–H and O–H groups in total. The van der Waals surface area contributed by atoms with E-state index in [-0.39, 0.29) is 59.6 Å². The molecule has 3 unspecified atom stereocenters. The van der Waals surface area contributed by atoms with E-state index in [2.05, 4.69) is 15.1 Å². The lowest BCUT2D eigenvalue weighted by Crippen LogP contribution is -2.68. The maximum absolute atomic E-state index is 13.9. The van der Waals surface area contributed by atoms with Crippen molar-refractivity contribution in [3.8, 4) is 17.1 Å². The van der Waals surface area contributed by atoms with Gasteiger partial charge in [-0.1, -0.05) is 18.4 Å². The highest BCUT2D eigenvalue weighted by Gasteiger charge is 2.64. The summed E-state index contributed by atoms with van der Waals surface area (Å²) in [4.78, 5) is 59.2. The number of carboxylic acids is 3. The van der Waals surface area contributed by atoms with Crippen LogP contribution in [0.3, 0.4) is 0 Å². The van der Waals surface area contributed by atoms with Crippen molar-refractivity contribution >= 4 is 39.3 Å². The molecule has 2 aliphatic heterocycles. The van der Waals surface area contributed by atoms with Gasteiger partial charge in [-0.05, 0) is 38.6 Å². The Kier molecular flexibility index (Phi) is 9.70. The molecule has 46 heavy (non-hydrogen) atoms. The Morgan fingerprint density at radius 2 is 1.78 bits per heavy atom. The number of ether oxygens (including phenoxy) is 1. The van der Waals surface area contributed by atoms with Gasteiger partial charge in [-0.25, -0.2) is 23.0 Å². The predicted molar refractivity (Wildman–Crippen MR) is 163 cm³/mol. The first kappa shape index (κ1) is 34.6. The largest absolute Gasteiger partial charge is 0.493 e. The van der Waals surface area contributed by atoms with Crippen LogP contribution in [0.5, 0.6) is 5.75 Å². The van der Waals surface area contributed by atoms with Crippen LogP contribution < -0.4 is 14.9 Å². The SMILES string of the molecule is CCCC1=N[N+](C)(C(C(=O)O)C(O)(CC(=O)O)C(=O)O)c2c1nc(-c1cc(S(=O)(=O)N3CCN(C)CC3)ccc1OCC)[nH]c2=O. The summed E-state index contributed by atoms with van der Waals surface area (Å²) in [5.41, 5.74) is -4.72. The summed E-state index contributed by atoms with van der Waals surface area (Å²) in [5, 5.41) is 44.8. The normalized spacial score (nSPS) is 20.8. The zero-order valence-electron chi connectivity index (χ0n) is 25.8. The van der Waals surface area contributed by atoms with Gasteiger partial charge in [-0.2, -0.15) is 4.31 Å². The van der Waals surface area contributed by atoms with Crippen LogP contribution in [-0.4, -0.2) is 130 Å². The molecule has 3 heterocycles. The molecule has 1 aromatic carbocycles. The first-order valence-corrected chi connectivity index (χ1v) is 15.9. The highest BCUT2D eigenvalue weighted by molar-refractivity contribution is 7.89. The van der Waals surface area contributed by atoms with E-state index in [1.165, 1.54) is 22.5 Å². The summed E-state index contributed by atoms with van der Waals surface area (Å²) in [6.07, 6.45) is -0.929. The number of sulfonamides is 1. The van der Waals surface area contributed by atoms with E-state index >= 15 is 0 Å². The van der Waals surface area contributed by atoms with Crippen molar-refractivity contribution < 1.29 is 48.0 Å². The van der Waals surface area contributed by atoms with E-state index in [1.54, 1.807) is 13.8 Å². The molecule has 0 radical (unpaired) electrons. The molecule has 1 fully saturated rings. The highest BCUT2D eigenvalue weighted by atomic mass is 32.2. The van der Waals surface area contributed by atoms with Gasteiger partial charge in [-0.15, -0.1) is 4.59 Å².